The summed E-state index contributed by atoms with van der Waals surface area (Å²) in [5.41, 5.74) is -0.139. The molecule has 0 bridgehead atoms. The molecular weight excluding hydrogens is 463 g/mol. The Bertz CT molecular complexity index is 1020. The van der Waals surface area contributed by atoms with E-state index in [1.165, 1.54) is 12.1 Å². The van der Waals surface area contributed by atoms with Crippen LogP contribution in [0, 0.1) is 12.7 Å². The quantitative estimate of drug-likeness (QED) is 0.490. The molecule has 0 unspecified atom stereocenters. The van der Waals surface area contributed by atoms with Crippen molar-refractivity contribution < 1.29 is 35.5 Å². The van der Waals surface area contributed by atoms with Gasteiger partial charge in [0.25, 0.3) is 0 Å². The second kappa shape index (κ2) is 9.00. The third kappa shape index (κ3) is 5.72. The molecule has 32 heavy (non-hydrogen) atoms. The fourth-order valence-corrected chi connectivity index (χ4v) is 3.84. The number of alkyl halides is 6. The van der Waals surface area contributed by atoms with Crippen LogP contribution in [-0.4, -0.2) is 34.7 Å². The molecule has 0 aromatic heterocycles. The second-order valence-electron chi connectivity index (χ2n) is 6.93. The van der Waals surface area contributed by atoms with Crippen LogP contribution in [-0.2, 0) is 12.7 Å². The van der Waals surface area contributed by atoms with E-state index in [0.717, 1.165) is 47.0 Å². The van der Waals surface area contributed by atoms with Crippen molar-refractivity contribution in [2.24, 2.45) is 4.99 Å². The molecule has 0 spiro atoms. The lowest BCUT2D eigenvalue weighted by atomic mass is 10.1. The van der Waals surface area contributed by atoms with E-state index in [1.54, 1.807) is 6.92 Å². The maximum Gasteiger partial charge on any atom is 0.416 e. The zero-order valence-corrected chi connectivity index (χ0v) is 17.3. The van der Waals surface area contributed by atoms with E-state index in [9.17, 15) is 35.5 Å². The molecular formula is C20H16F7N3OS. The van der Waals surface area contributed by atoms with Crippen LogP contribution >= 0.6 is 11.8 Å². The van der Waals surface area contributed by atoms with E-state index < -0.39 is 36.3 Å². The largest absolute Gasteiger partial charge is 0.416 e. The van der Waals surface area contributed by atoms with Crippen molar-refractivity contribution in [1.82, 2.24) is 4.90 Å². The lowest BCUT2D eigenvalue weighted by Gasteiger charge is -2.36. The molecule has 4 nitrogen and oxygen atoms in total. The summed E-state index contributed by atoms with van der Waals surface area (Å²) in [5.74, 6) is -0.935. The highest BCUT2D eigenvalue weighted by atomic mass is 32.2. The normalized spacial score (nSPS) is 16.8. The monoisotopic (exact) mass is 479 g/mol. The maximum atomic E-state index is 14.3. The number of carbonyl (C=O) groups excluding carboxylic acids is 1. The van der Waals surface area contributed by atoms with E-state index >= 15 is 0 Å². The first-order valence-corrected chi connectivity index (χ1v) is 10.1. The molecule has 172 valence electrons. The van der Waals surface area contributed by atoms with Crippen molar-refractivity contribution in [2.75, 3.05) is 17.3 Å². The smallest absolute Gasteiger partial charge is 0.281 e. The number of rotatable bonds is 4. The number of thioether (sulfide) groups is 1. The highest BCUT2D eigenvalue weighted by Crippen LogP contribution is 2.32. The average molecular weight is 479 g/mol. The number of urea groups is 1. The fraction of sp³-hybridized carbons (Fsp3) is 0.300. The van der Waals surface area contributed by atoms with Crippen molar-refractivity contribution in [1.29, 1.82) is 0 Å². The van der Waals surface area contributed by atoms with Gasteiger partial charge >= 0.3 is 18.4 Å². The van der Waals surface area contributed by atoms with Gasteiger partial charge in [0.2, 0.25) is 0 Å². The molecule has 2 aromatic carbocycles. The average Bonchev–Trinajstić information content (AvgIpc) is 2.68. The zero-order valence-electron chi connectivity index (χ0n) is 16.5. The van der Waals surface area contributed by atoms with Gasteiger partial charge in [-0.25, -0.2) is 9.18 Å². The van der Waals surface area contributed by atoms with Crippen molar-refractivity contribution in [3.05, 3.63) is 65.0 Å². The minimum atomic E-state index is -4.75. The molecule has 1 heterocycles. The summed E-state index contributed by atoms with van der Waals surface area (Å²) in [6, 6.07) is 6.88. The van der Waals surface area contributed by atoms with E-state index in [4.69, 9.17) is 0 Å². The molecule has 3 rings (SSSR count). The van der Waals surface area contributed by atoms with Gasteiger partial charge in [0.15, 0.2) is 5.17 Å². The molecule has 2 aromatic rings. The number of aryl methyl sites for hydroxylation is 1. The Labute approximate surface area is 182 Å². The molecule has 0 atom stereocenters. The first-order valence-electron chi connectivity index (χ1n) is 9.10. The summed E-state index contributed by atoms with van der Waals surface area (Å²) < 4.78 is 91.6. The standard InChI is InChI=1S/C20H16F7N3OS/c1-12-2-7-16(15(21)8-12)30-11-32-17(29(18(30)31)10-19(22,23)24)28-9-13-3-5-14(6-4-13)20(25,26)27/h2-8H,9-11H2,1H3. The minimum absolute atomic E-state index is 0.165. The highest BCUT2D eigenvalue weighted by molar-refractivity contribution is 8.14. The lowest BCUT2D eigenvalue weighted by Crippen LogP contribution is -2.53. The lowest BCUT2D eigenvalue weighted by molar-refractivity contribution is -0.137. The number of amidine groups is 1. The predicted molar refractivity (Wildman–Crippen MR) is 107 cm³/mol. The number of nitrogens with zero attached hydrogens (tertiary/aromatic N) is 3. The highest BCUT2D eigenvalue weighted by Gasteiger charge is 2.41. The number of benzene rings is 2. The number of carbonyl (C=O) groups is 1. The van der Waals surface area contributed by atoms with Crippen LogP contribution in [0.2, 0.25) is 0 Å². The predicted octanol–water partition coefficient (Wildman–Crippen LogP) is 6.20. The maximum absolute atomic E-state index is 14.3. The van der Waals surface area contributed by atoms with Gasteiger partial charge in [-0.3, -0.25) is 14.8 Å². The van der Waals surface area contributed by atoms with Gasteiger partial charge < -0.3 is 0 Å². The van der Waals surface area contributed by atoms with Gasteiger partial charge in [-0.05, 0) is 42.3 Å². The molecule has 2 amide bonds. The van der Waals surface area contributed by atoms with Gasteiger partial charge in [0, 0.05) is 0 Å². The molecule has 1 fully saturated rings. The van der Waals surface area contributed by atoms with E-state index in [2.05, 4.69) is 4.99 Å². The third-order valence-electron chi connectivity index (χ3n) is 4.42. The topological polar surface area (TPSA) is 35.9 Å². The van der Waals surface area contributed by atoms with Gasteiger partial charge in [-0.2, -0.15) is 26.3 Å². The summed E-state index contributed by atoms with van der Waals surface area (Å²) in [7, 11) is 0. The number of hydrogen-bond donors (Lipinski definition) is 0. The second-order valence-corrected chi connectivity index (χ2v) is 7.85. The molecule has 1 aliphatic rings. The summed E-state index contributed by atoms with van der Waals surface area (Å²) in [6.07, 6.45) is -9.27. The van der Waals surface area contributed by atoms with Crippen LogP contribution in [0.3, 0.4) is 0 Å². The summed E-state index contributed by atoms with van der Waals surface area (Å²) >= 11 is 0.793. The van der Waals surface area contributed by atoms with Gasteiger partial charge in [-0.1, -0.05) is 30.0 Å². The van der Waals surface area contributed by atoms with Gasteiger partial charge in [0.05, 0.1) is 23.7 Å². The number of amides is 2. The fourth-order valence-electron chi connectivity index (χ4n) is 2.89. The zero-order chi connectivity index (χ0) is 23.7. The number of anilines is 1. The Morgan fingerprint density at radius 3 is 2.25 bits per heavy atom. The minimum Gasteiger partial charge on any atom is -0.281 e. The van der Waals surface area contributed by atoms with Crippen LogP contribution < -0.4 is 4.90 Å². The molecule has 0 N–H and O–H groups in total. The van der Waals surface area contributed by atoms with Crippen molar-refractivity contribution in [3.63, 3.8) is 0 Å². The van der Waals surface area contributed by atoms with Crippen LogP contribution in [0.1, 0.15) is 16.7 Å². The number of aliphatic imine (C=N–C) groups is 1. The number of halogens is 7. The van der Waals surface area contributed by atoms with Gasteiger partial charge in [0.1, 0.15) is 12.4 Å². The molecule has 0 aliphatic carbocycles. The first kappa shape index (κ1) is 23.9. The van der Waals surface area contributed by atoms with Crippen LogP contribution in [0.15, 0.2) is 47.5 Å². The van der Waals surface area contributed by atoms with E-state index in [-0.39, 0.29) is 23.3 Å². The van der Waals surface area contributed by atoms with Crippen molar-refractivity contribution in [2.45, 2.75) is 25.8 Å². The molecule has 1 aliphatic heterocycles. The summed E-state index contributed by atoms with van der Waals surface area (Å²) in [5, 5.41) is -0.254. The van der Waals surface area contributed by atoms with E-state index in [1.807, 2.05) is 0 Å². The third-order valence-corrected chi connectivity index (χ3v) is 5.42. The Hall–Kier alpha value is -2.76. The van der Waals surface area contributed by atoms with E-state index in [0.29, 0.717) is 16.0 Å². The van der Waals surface area contributed by atoms with Crippen molar-refractivity contribution >= 4 is 28.6 Å². The summed E-state index contributed by atoms with van der Waals surface area (Å²) in [6.45, 7) is -0.253. The Morgan fingerprint density at radius 1 is 1.03 bits per heavy atom. The molecule has 0 saturated carbocycles. The van der Waals surface area contributed by atoms with Gasteiger partial charge in [-0.15, -0.1) is 0 Å². The summed E-state index contributed by atoms with van der Waals surface area (Å²) in [4.78, 5) is 18.1. The SMILES string of the molecule is Cc1ccc(N2CSC(=NCc3ccc(C(F)(F)F)cc3)N(CC(F)(F)F)C2=O)c(F)c1. The number of hydrogen-bond acceptors (Lipinski definition) is 3. The Kier molecular flexibility index (Phi) is 6.72. The molecule has 0 radical (unpaired) electrons. The van der Waals surface area contributed by atoms with Crippen molar-refractivity contribution in [3.8, 4) is 0 Å². The van der Waals surface area contributed by atoms with Crippen LogP contribution in [0.25, 0.3) is 0 Å². The Morgan fingerprint density at radius 2 is 1.69 bits per heavy atom. The Balaban J connectivity index is 1.85. The molecule has 1 saturated heterocycles. The van der Waals surface area contributed by atoms with Crippen LogP contribution in [0.4, 0.5) is 41.2 Å². The first-order chi connectivity index (χ1) is 14.8. The van der Waals surface area contributed by atoms with Crippen LogP contribution in [0.5, 0.6) is 0 Å². The molecule has 12 heteroatoms.